The van der Waals surface area contributed by atoms with E-state index in [4.69, 9.17) is 5.11 Å². The fourth-order valence-electron chi connectivity index (χ4n) is 1.89. The third kappa shape index (κ3) is 1.83. The highest BCUT2D eigenvalue weighted by molar-refractivity contribution is 5.89. The summed E-state index contributed by atoms with van der Waals surface area (Å²) in [6, 6.07) is 8.46. The van der Waals surface area contributed by atoms with E-state index >= 15 is 0 Å². The second kappa shape index (κ2) is 3.73. The van der Waals surface area contributed by atoms with Gasteiger partial charge < -0.3 is 10.4 Å². The van der Waals surface area contributed by atoms with Crippen molar-refractivity contribution in [1.82, 2.24) is 5.32 Å². The first-order chi connectivity index (χ1) is 7.18. The van der Waals surface area contributed by atoms with Crippen LogP contribution in [0.3, 0.4) is 0 Å². The van der Waals surface area contributed by atoms with Crippen molar-refractivity contribution in [2.24, 2.45) is 0 Å². The number of carbonyl (C=O) groups is 2. The first-order valence-electron chi connectivity index (χ1n) is 4.75. The molecule has 2 N–H and O–H groups in total. The molecular weight excluding hydrogens is 194 g/mol. The van der Waals surface area contributed by atoms with Crippen molar-refractivity contribution < 1.29 is 14.7 Å². The predicted molar refractivity (Wildman–Crippen MR) is 53.4 cm³/mol. The lowest BCUT2D eigenvalue weighted by Gasteiger charge is -2.14. The van der Waals surface area contributed by atoms with Gasteiger partial charge in [0.05, 0.1) is 0 Å². The Bertz CT molecular complexity index is 388. The normalized spacial score (nSPS) is 24.9. The third-order valence-corrected chi connectivity index (χ3v) is 2.62. The number of nitrogens with one attached hydrogen (secondary N) is 1. The molecule has 0 aliphatic carbocycles. The molecule has 4 heteroatoms. The van der Waals surface area contributed by atoms with Crippen LogP contribution in [0.2, 0.25) is 0 Å². The molecule has 1 saturated heterocycles. The van der Waals surface area contributed by atoms with Gasteiger partial charge >= 0.3 is 5.97 Å². The molecule has 2 rings (SSSR count). The molecule has 1 aromatic carbocycles. The molecule has 1 amide bonds. The number of amides is 1. The van der Waals surface area contributed by atoms with Gasteiger partial charge in [-0.1, -0.05) is 30.3 Å². The van der Waals surface area contributed by atoms with Crippen molar-refractivity contribution in [2.75, 3.05) is 0 Å². The highest BCUT2D eigenvalue weighted by Crippen LogP contribution is 2.28. The molecule has 15 heavy (non-hydrogen) atoms. The van der Waals surface area contributed by atoms with Gasteiger partial charge in [0, 0.05) is 12.3 Å². The number of hydrogen-bond donors (Lipinski definition) is 2. The maximum absolute atomic E-state index is 11.2. The fourth-order valence-corrected chi connectivity index (χ4v) is 1.89. The second-order valence-corrected chi connectivity index (χ2v) is 3.60. The van der Waals surface area contributed by atoms with Crippen molar-refractivity contribution in [2.45, 2.75) is 18.4 Å². The van der Waals surface area contributed by atoms with Crippen LogP contribution in [-0.4, -0.2) is 23.0 Å². The number of rotatable bonds is 2. The lowest BCUT2D eigenvalue weighted by atomic mass is 9.92. The molecular formula is C11H11NO3. The fraction of sp³-hybridized carbons (Fsp3) is 0.273. The highest BCUT2D eigenvalue weighted by atomic mass is 16.4. The zero-order chi connectivity index (χ0) is 10.8. The van der Waals surface area contributed by atoms with Crippen LogP contribution in [0.4, 0.5) is 0 Å². The van der Waals surface area contributed by atoms with Crippen LogP contribution in [0.15, 0.2) is 30.3 Å². The minimum Gasteiger partial charge on any atom is -0.480 e. The number of carboxylic acid groups (broad SMARTS) is 1. The summed E-state index contributed by atoms with van der Waals surface area (Å²) in [6.07, 6.45) is 0.251. The summed E-state index contributed by atoms with van der Waals surface area (Å²) in [6.45, 7) is 0. The Balaban J connectivity index is 2.28. The molecule has 0 bridgehead atoms. The van der Waals surface area contributed by atoms with Gasteiger partial charge in [0.15, 0.2) is 0 Å². The molecule has 1 heterocycles. The van der Waals surface area contributed by atoms with Crippen molar-refractivity contribution in [3.8, 4) is 0 Å². The average Bonchev–Trinajstić information content (AvgIpc) is 2.62. The van der Waals surface area contributed by atoms with E-state index in [2.05, 4.69) is 5.32 Å². The second-order valence-electron chi connectivity index (χ2n) is 3.60. The van der Waals surface area contributed by atoms with E-state index in [-0.39, 0.29) is 18.2 Å². The number of hydrogen-bond acceptors (Lipinski definition) is 2. The van der Waals surface area contributed by atoms with Gasteiger partial charge in [0.2, 0.25) is 5.91 Å². The Morgan fingerprint density at radius 1 is 1.33 bits per heavy atom. The zero-order valence-corrected chi connectivity index (χ0v) is 8.01. The van der Waals surface area contributed by atoms with Gasteiger partial charge in [-0.25, -0.2) is 4.79 Å². The summed E-state index contributed by atoms with van der Waals surface area (Å²) in [5, 5.41) is 11.4. The van der Waals surface area contributed by atoms with Crippen molar-refractivity contribution in [1.29, 1.82) is 0 Å². The van der Waals surface area contributed by atoms with E-state index in [9.17, 15) is 9.59 Å². The Morgan fingerprint density at radius 2 is 2.00 bits per heavy atom. The molecule has 4 nitrogen and oxygen atoms in total. The summed E-state index contributed by atoms with van der Waals surface area (Å²) in [5.41, 5.74) is 0.892. The quantitative estimate of drug-likeness (QED) is 0.748. The lowest BCUT2D eigenvalue weighted by Crippen LogP contribution is -2.35. The molecule has 1 aromatic rings. The third-order valence-electron chi connectivity index (χ3n) is 2.62. The first kappa shape index (κ1) is 9.71. The lowest BCUT2D eigenvalue weighted by molar-refractivity contribution is -0.140. The molecule has 0 spiro atoms. The van der Waals surface area contributed by atoms with Gasteiger partial charge in [-0.2, -0.15) is 0 Å². The molecule has 1 unspecified atom stereocenters. The van der Waals surface area contributed by atoms with Crippen molar-refractivity contribution in [3.63, 3.8) is 0 Å². The highest BCUT2D eigenvalue weighted by Gasteiger charge is 2.38. The predicted octanol–water partition coefficient (Wildman–Crippen LogP) is 0.743. The van der Waals surface area contributed by atoms with Gasteiger partial charge in [-0.15, -0.1) is 0 Å². The van der Waals surface area contributed by atoms with Gasteiger partial charge in [-0.05, 0) is 5.56 Å². The van der Waals surface area contributed by atoms with Crippen LogP contribution in [0, 0.1) is 0 Å². The number of carbonyl (C=O) groups excluding carboxylic acids is 1. The molecule has 1 aliphatic heterocycles. The van der Waals surface area contributed by atoms with E-state index in [1.165, 1.54) is 0 Å². The van der Waals surface area contributed by atoms with Crippen LogP contribution < -0.4 is 5.32 Å². The topological polar surface area (TPSA) is 66.4 Å². The maximum atomic E-state index is 11.2. The Hall–Kier alpha value is -1.84. The maximum Gasteiger partial charge on any atom is 0.326 e. The van der Waals surface area contributed by atoms with Crippen molar-refractivity contribution in [3.05, 3.63) is 35.9 Å². The monoisotopic (exact) mass is 205 g/mol. The molecule has 0 aromatic heterocycles. The number of aliphatic carboxylic acids is 1. The molecule has 0 radical (unpaired) electrons. The molecule has 1 aliphatic rings. The van der Waals surface area contributed by atoms with Crippen LogP contribution >= 0.6 is 0 Å². The van der Waals surface area contributed by atoms with Crippen LogP contribution in [-0.2, 0) is 9.59 Å². The van der Waals surface area contributed by atoms with Gasteiger partial charge in [0.25, 0.3) is 0 Å². The van der Waals surface area contributed by atoms with E-state index < -0.39 is 12.0 Å². The summed E-state index contributed by atoms with van der Waals surface area (Å²) in [7, 11) is 0. The Kier molecular flexibility index (Phi) is 2.41. The Morgan fingerprint density at radius 3 is 2.60 bits per heavy atom. The summed E-state index contributed by atoms with van der Waals surface area (Å²) >= 11 is 0. The summed E-state index contributed by atoms with van der Waals surface area (Å²) in [4.78, 5) is 22.1. The number of benzene rings is 1. The largest absolute Gasteiger partial charge is 0.480 e. The minimum atomic E-state index is -0.977. The van der Waals surface area contributed by atoms with E-state index in [0.29, 0.717) is 0 Å². The summed E-state index contributed by atoms with van der Waals surface area (Å²) < 4.78 is 0. The average molecular weight is 205 g/mol. The van der Waals surface area contributed by atoms with Gasteiger partial charge in [-0.3, -0.25) is 4.79 Å². The molecule has 1 fully saturated rings. The standard InChI is InChI=1S/C11H11NO3/c13-9-6-8(10(12-9)11(14)15)7-4-2-1-3-5-7/h1-5,8,10H,6H2,(H,12,13)(H,14,15)/t8?,10-/m0/s1. The molecule has 0 saturated carbocycles. The summed E-state index contributed by atoms with van der Waals surface area (Å²) in [5.74, 6) is -1.43. The van der Waals surface area contributed by atoms with Crippen LogP contribution in [0.25, 0.3) is 0 Å². The van der Waals surface area contributed by atoms with Crippen LogP contribution in [0.5, 0.6) is 0 Å². The van der Waals surface area contributed by atoms with Crippen molar-refractivity contribution >= 4 is 11.9 Å². The Labute approximate surface area is 86.9 Å². The van der Waals surface area contributed by atoms with Gasteiger partial charge in [0.1, 0.15) is 6.04 Å². The molecule has 78 valence electrons. The van der Waals surface area contributed by atoms with E-state index in [1.807, 2.05) is 30.3 Å². The van der Waals surface area contributed by atoms with Crippen LogP contribution in [0.1, 0.15) is 17.9 Å². The van der Waals surface area contributed by atoms with E-state index in [1.54, 1.807) is 0 Å². The SMILES string of the molecule is O=C1CC(c2ccccc2)[C@@H](C(=O)O)N1. The number of carboxylic acids is 1. The van der Waals surface area contributed by atoms with E-state index in [0.717, 1.165) is 5.56 Å². The smallest absolute Gasteiger partial charge is 0.326 e. The zero-order valence-electron chi connectivity index (χ0n) is 8.01. The first-order valence-corrected chi connectivity index (χ1v) is 4.75. The minimum absolute atomic E-state index is 0.198. The molecule has 2 atom stereocenters.